The van der Waals surface area contributed by atoms with Gasteiger partial charge in [-0.25, -0.2) is 4.79 Å². The van der Waals surface area contributed by atoms with Crippen LogP contribution in [0.1, 0.15) is 83.3 Å². The molecule has 0 unspecified atom stereocenters. The van der Waals surface area contributed by atoms with Gasteiger partial charge in [-0.15, -0.1) is 0 Å². The molecule has 3 aliphatic rings. The summed E-state index contributed by atoms with van der Waals surface area (Å²) in [6.07, 6.45) is 7.93. The first kappa shape index (κ1) is 25.8. The normalized spacial score (nSPS) is 24.9. The minimum atomic E-state index is -0.459. The van der Waals surface area contributed by atoms with E-state index in [0.29, 0.717) is 6.47 Å². The van der Waals surface area contributed by atoms with Gasteiger partial charge in [-0.05, 0) is 109 Å². The van der Waals surface area contributed by atoms with Crippen molar-refractivity contribution in [1.82, 2.24) is 9.80 Å². The Bertz CT molecular complexity index is 880. The molecule has 1 aliphatic carbocycles. The Labute approximate surface area is 210 Å². The number of carbonyl (C=O) groups excluding carboxylic acids is 2. The van der Waals surface area contributed by atoms with Gasteiger partial charge in [0.15, 0.2) is 0 Å². The van der Waals surface area contributed by atoms with E-state index in [1.165, 1.54) is 24.0 Å². The number of rotatable bonds is 6. The topological polar surface area (TPSA) is 68.3 Å². The van der Waals surface area contributed by atoms with Crippen molar-refractivity contribution in [3.63, 3.8) is 0 Å². The van der Waals surface area contributed by atoms with Crippen LogP contribution in [0.2, 0.25) is 0 Å². The maximum absolute atomic E-state index is 12.5. The number of hydrogen-bond donors (Lipinski definition) is 0. The molecule has 0 bridgehead atoms. The first-order chi connectivity index (χ1) is 16.7. The molecule has 35 heavy (non-hydrogen) atoms. The smallest absolute Gasteiger partial charge is 0.410 e. The highest BCUT2D eigenvalue weighted by Crippen LogP contribution is 2.40. The van der Waals surface area contributed by atoms with Crippen molar-refractivity contribution in [2.75, 3.05) is 19.6 Å². The Hall–Kier alpha value is -2.28. The summed E-state index contributed by atoms with van der Waals surface area (Å²) in [5, 5.41) is 0. The molecule has 3 fully saturated rings. The Morgan fingerprint density at radius 2 is 1.71 bits per heavy atom. The predicted octanol–water partition coefficient (Wildman–Crippen LogP) is 5.22. The lowest BCUT2D eigenvalue weighted by Crippen LogP contribution is -2.53. The molecule has 1 spiro atoms. The number of likely N-dealkylation sites (tertiary alicyclic amines) is 2. The van der Waals surface area contributed by atoms with E-state index in [-0.39, 0.29) is 23.8 Å². The molecule has 1 saturated carbocycles. The lowest BCUT2D eigenvalue weighted by molar-refractivity contribution is -0.135. The Kier molecular flexibility index (Phi) is 7.94. The van der Waals surface area contributed by atoms with Gasteiger partial charge in [0.05, 0.1) is 6.10 Å². The van der Waals surface area contributed by atoms with Crippen molar-refractivity contribution in [3.8, 4) is 5.75 Å². The third kappa shape index (κ3) is 6.69. The van der Waals surface area contributed by atoms with Gasteiger partial charge in [-0.1, -0.05) is 6.07 Å². The standard InChI is InChI=1S/C28H42N2O5/c1-21-16-22(18-25(17-21)34-24-8-6-23(7-9-24)33-20-31)19-30-13-5-10-28(30)11-14-29(15-12-28)26(32)35-27(2,3)4/h16-18,20,23-24H,5-15,19H2,1-4H3. The Morgan fingerprint density at radius 3 is 2.37 bits per heavy atom. The highest BCUT2D eigenvalue weighted by molar-refractivity contribution is 5.68. The van der Waals surface area contributed by atoms with Crippen LogP contribution in [-0.4, -0.2) is 65.3 Å². The largest absolute Gasteiger partial charge is 0.490 e. The van der Waals surface area contributed by atoms with Gasteiger partial charge in [0.2, 0.25) is 0 Å². The summed E-state index contributed by atoms with van der Waals surface area (Å²) < 4.78 is 17.1. The number of piperidine rings is 1. The number of ether oxygens (including phenoxy) is 3. The average Bonchev–Trinajstić information content (AvgIpc) is 3.15. The lowest BCUT2D eigenvalue weighted by Gasteiger charge is -2.45. The molecular weight excluding hydrogens is 444 g/mol. The van der Waals surface area contributed by atoms with Crippen LogP contribution in [0, 0.1) is 6.92 Å². The third-order valence-corrected chi connectivity index (χ3v) is 7.74. The van der Waals surface area contributed by atoms with Crippen LogP contribution in [-0.2, 0) is 20.8 Å². The van der Waals surface area contributed by atoms with E-state index in [0.717, 1.165) is 70.5 Å². The van der Waals surface area contributed by atoms with E-state index in [9.17, 15) is 9.59 Å². The van der Waals surface area contributed by atoms with Crippen LogP contribution >= 0.6 is 0 Å². The van der Waals surface area contributed by atoms with E-state index < -0.39 is 5.60 Å². The number of aryl methyl sites for hydroxylation is 1. The third-order valence-electron chi connectivity index (χ3n) is 7.74. The van der Waals surface area contributed by atoms with Gasteiger partial charge in [0, 0.05) is 25.2 Å². The SMILES string of the molecule is Cc1cc(CN2CCCC23CCN(C(=O)OC(C)(C)C)CC3)cc(OC2CCC(OC=O)CC2)c1. The van der Waals surface area contributed by atoms with E-state index >= 15 is 0 Å². The quantitative estimate of drug-likeness (QED) is 0.514. The van der Waals surface area contributed by atoms with Crippen LogP contribution in [0.3, 0.4) is 0 Å². The summed E-state index contributed by atoms with van der Waals surface area (Å²) >= 11 is 0. The fraction of sp³-hybridized carbons (Fsp3) is 0.714. The molecule has 4 rings (SSSR count). The maximum Gasteiger partial charge on any atom is 0.410 e. The minimum absolute atomic E-state index is 0.0357. The van der Waals surface area contributed by atoms with Crippen LogP contribution in [0.25, 0.3) is 0 Å². The monoisotopic (exact) mass is 486 g/mol. The second-order valence-electron chi connectivity index (χ2n) is 11.6. The second kappa shape index (κ2) is 10.8. The van der Waals surface area contributed by atoms with Crippen molar-refractivity contribution in [3.05, 3.63) is 29.3 Å². The summed E-state index contributed by atoms with van der Waals surface area (Å²) in [6.45, 7) is 12.0. The van der Waals surface area contributed by atoms with Crippen molar-refractivity contribution in [1.29, 1.82) is 0 Å². The molecular formula is C28H42N2O5. The molecule has 0 radical (unpaired) electrons. The zero-order chi connectivity index (χ0) is 25.1. The van der Waals surface area contributed by atoms with E-state index in [1.807, 2.05) is 25.7 Å². The summed E-state index contributed by atoms with van der Waals surface area (Å²) in [5.74, 6) is 0.938. The molecule has 2 saturated heterocycles. The van der Waals surface area contributed by atoms with Crippen molar-refractivity contribution < 1.29 is 23.8 Å². The zero-order valence-electron chi connectivity index (χ0n) is 21.9. The fourth-order valence-electron chi connectivity index (χ4n) is 6.00. The van der Waals surface area contributed by atoms with Gasteiger partial charge >= 0.3 is 6.09 Å². The van der Waals surface area contributed by atoms with Crippen molar-refractivity contribution in [2.45, 2.75) is 109 Å². The fourth-order valence-corrected chi connectivity index (χ4v) is 6.00. The van der Waals surface area contributed by atoms with Gasteiger partial charge < -0.3 is 19.1 Å². The average molecular weight is 487 g/mol. The number of amides is 1. The molecule has 1 aromatic rings. The molecule has 0 atom stereocenters. The van der Waals surface area contributed by atoms with Crippen molar-refractivity contribution in [2.24, 2.45) is 0 Å². The van der Waals surface area contributed by atoms with Gasteiger partial charge in [-0.3, -0.25) is 9.69 Å². The molecule has 2 aliphatic heterocycles. The predicted molar refractivity (Wildman–Crippen MR) is 134 cm³/mol. The highest BCUT2D eigenvalue weighted by atomic mass is 16.6. The zero-order valence-corrected chi connectivity index (χ0v) is 21.9. The number of carbonyl (C=O) groups is 2. The molecule has 194 valence electrons. The van der Waals surface area contributed by atoms with Crippen LogP contribution in [0.5, 0.6) is 5.75 Å². The summed E-state index contributed by atoms with van der Waals surface area (Å²) in [7, 11) is 0. The summed E-state index contributed by atoms with van der Waals surface area (Å²) in [5.41, 5.74) is 2.21. The summed E-state index contributed by atoms with van der Waals surface area (Å²) in [6, 6.07) is 6.59. The highest BCUT2D eigenvalue weighted by Gasteiger charge is 2.44. The molecule has 0 N–H and O–H groups in total. The molecule has 1 aromatic carbocycles. The maximum atomic E-state index is 12.5. The van der Waals surface area contributed by atoms with E-state index in [2.05, 4.69) is 30.0 Å². The molecule has 7 nitrogen and oxygen atoms in total. The molecule has 2 heterocycles. The van der Waals surface area contributed by atoms with E-state index in [1.54, 1.807) is 0 Å². The van der Waals surface area contributed by atoms with Gasteiger partial charge in [-0.2, -0.15) is 0 Å². The van der Waals surface area contributed by atoms with Gasteiger partial charge in [0.1, 0.15) is 17.5 Å². The molecule has 0 aromatic heterocycles. The Balaban J connectivity index is 1.35. The molecule has 7 heteroatoms. The van der Waals surface area contributed by atoms with Gasteiger partial charge in [0.25, 0.3) is 6.47 Å². The first-order valence-corrected chi connectivity index (χ1v) is 13.3. The minimum Gasteiger partial charge on any atom is -0.490 e. The number of benzene rings is 1. The van der Waals surface area contributed by atoms with E-state index in [4.69, 9.17) is 14.2 Å². The van der Waals surface area contributed by atoms with Crippen LogP contribution in [0.15, 0.2) is 18.2 Å². The Morgan fingerprint density at radius 1 is 1.03 bits per heavy atom. The van der Waals surface area contributed by atoms with Crippen LogP contribution < -0.4 is 4.74 Å². The number of hydrogen-bond acceptors (Lipinski definition) is 6. The molecule has 1 amide bonds. The first-order valence-electron chi connectivity index (χ1n) is 13.3. The van der Waals surface area contributed by atoms with Crippen molar-refractivity contribution >= 4 is 12.6 Å². The lowest BCUT2D eigenvalue weighted by atomic mass is 9.85. The number of nitrogens with zero attached hydrogens (tertiary/aromatic N) is 2. The van der Waals surface area contributed by atoms with Crippen LogP contribution in [0.4, 0.5) is 4.79 Å². The second-order valence-corrected chi connectivity index (χ2v) is 11.6. The summed E-state index contributed by atoms with van der Waals surface area (Å²) in [4.78, 5) is 27.6.